The number of anilines is 4. The van der Waals surface area contributed by atoms with Crippen LogP contribution in [0.1, 0.15) is 0 Å². The summed E-state index contributed by atoms with van der Waals surface area (Å²) < 4.78 is 10.5. The van der Waals surface area contributed by atoms with Gasteiger partial charge in [-0.2, -0.15) is 0 Å². The number of rotatable bonds is 6. The third kappa shape index (κ3) is 5.45. The molecule has 1 aromatic heterocycles. The van der Waals surface area contributed by atoms with Crippen LogP contribution in [0.4, 0.5) is 22.9 Å². The normalized spacial score (nSPS) is 10.1. The standard InChI is InChI=1S/C19H18ClN5O2S/c1-26-15-9-14(10-16(11-15)27-2)23-19(28)22-13-5-3-12(4-6-13)21-18-8-7-17(20)24-25-18/h3-11H,1-2H3,(H,21,25)(H2,22,23,28). The van der Waals surface area contributed by atoms with Gasteiger partial charge < -0.3 is 25.4 Å². The summed E-state index contributed by atoms with van der Waals surface area (Å²) in [6, 6.07) is 16.5. The maximum Gasteiger partial charge on any atom is 0.175 e. The van der Waals surface area contributed by atoms with Gasteiger partial charge in [-0.3, -0.25) is 0 Å². The van der Waals surface area contributed by atoms with E-state index >= 15 is 0 Å². The van der Waals surface area contributed by atoms with E-state index in [1.807, 2.05) is 36.4 Å². The zero-order chi connectivity index (χ0) is 19.9. The molecule has 3 N–H and O–H groups in total. The lowest BCUT2D eigenvalue weighted by atomic mass is 10.2. The van der Waals surface area contributed by atoms with Crippen LogP contribution in [0.25, 0.3) is 0 Å². The van der Waals surface area contributed by atoms with Gasteiger partial charge in [-0.05, 0) is 48.6 Å². The van der Waals surface area contributed by atoms with Crippen molar-refractivity contribution in [2.24, 2.45) is 0 Å². The van der Waals surface area contributed by atoms with Crippen LogP contribution in [0.2, 0.25) is 5.15 Å². The van der Waals surface area contributed by atoms with Gasteiger partial charge in [-0.25, -0.2) is 0 Å². The van der Waals surface area contributed by atoms with E-state index < -0.39 is 0 Å². The summed E-state index contributed by atoms with van der Waals surface area (Å²) in [5.41, 5.74) is 2.45. The van der Waals surface area contributed by atoms with E-state index in [0.29, 0.717) is 27.6 Å². The van der Waals surface area contributed by atoms with Crippen LogP contribution in [0, 0.1) is 0 Å². The molecule has 0 fully saturated rings. The molecule has 3 rings (SSSR count). The Morgan fingerprint density at radius 1 is 0.821 bits per heavy atom. The first-order chi connectivity index (χ1) is 13.6. The van der Waals surface area contributed by atoms with Crippen molar-refractivity contribution in [2.75, 3.05) is 30.2 Å². The minimum Gasteiger partial charge on any atom is -0.497 e. The summed E-state index contributed by atoms with van der Waals surface area (Å²) in [5.74, 6) is 1.95. The van der Waals surface area contributed by atoms with Gasteiger partial charge in [0.25, 0.3) is 0 Å². The third-order valence-electron chi connectivity index (χ3n) is 3.66. The number of ether oxygens (including phenoxy) is 2. The Labute approximate surface area is 173 Å². The summed E-state index contributed by atoms with van der Waals surface area (Å²) in [7, 11) is 3.20. The molecule has 0 amide bonds. The van der Waals surface area contributed by atoms with E-state index in [1.165, 1.54) is 0 Å². The van der Waals surface area contributed by atoms with E-state index in [0.717, 1.165) is 17.1 Å². The van der Waals surface area contributed by atoms with Crippen molar-refractivity contribution in [1.29, 1.82) is 0 Å². The summed E-state index contributed by atoms with van der Waals surface area (Å²) in [4.78, 5) is 0. The number of nitrogens with one attached hydrogen (secondary N) is 3. The number of methoxy groups -OCH3 is 2. The van der Waals surface area contributed by atoms with Crippen LogP contribution in [0.5, 0.6) is 11.5 Å². The molecule has 9 heteroatoms. The number of aromatic nitrogens is 2. The molecule has 0 aliphatic rings. The highest BCUT2D eigenvalue weighted by molar-refractivity contribution is 7.80. The van der Waals surface area contributed by atoms with Crippen molar-refractivity contribution in [1.82, 2.24) is 10.2 Å². The van der Waals surface area contributed by atoms with Crippen molar-refractivity contribution < 1.29 is 9.47 Å². The Balaban J connectivity index is 1.60. The van der Waals surface area contributed by atoms with Gasteiger partial charge in [-0.15, -0.1) is 10.2 Å². The van der Waals surface area contributed by atoms with Crippen LogP contribution >= 0.6 is 23.8 Å². The molecule has 144 valence electrons. The fraction of sp³-hybridized carbons (Fsp3) is 0.105. The van der Waals surface area contributed by atoms with Crippen LogP contribution in [-0.2, 0) is 0 Å². The van der Waals surface area contributed by atoms with Gasteiger partial charge in [0.15, 0.2) is 16.1 Å². The number of hydrogen-bond donors (Lipinski definition) is 3. The third-order valence-corrected chi connectivity index (χ3v) is 4.06. The minimum atomic E-state index is 0.347. The number of benzene rings is 2. The molecule has 7 nitrogen and oxygen atoms in total. The Morgan fingerprint density at radius 3 is 2.00 bits per heavy atom. The molecule has 3 aromatic rings. The van der Waals surface area contributed by atoms with Gasteiger partial charge in [0.1, 0.15) is 11.5 Å². The maximum atomic E-state index is 5.73. The average molecular weight is 416 g/mol. The molecule has 0 saturated carbocycles. The Bertz CT molecular complexity index is 929. The molecule has 0 unspecified atom stereocenters. The topological polar surface area (TPSA) is 80.3 Å². The Hall–Kier alpha value is -3.10. The van der Waals surface area contributed by atoms with Crippen molar-refractivity contribution in [3.8, 4) is 11.5 Å². The first-order valence-electron chi connectivity index (χ1n) is 8.23. The highest BCUT2D eigenvalue weighted by Gasteiger charge is 2.05. The van der Waals surface area contributed by atoms with E-state index in [9.17, 15) is 0 Å². The number of halogens is 1. The Morgan fingerprint density at radius 2 is 1.43 bits per heavy atom. The summed E-state index contributed by atoms with van der Waals surface area (Å²) in [6.07, 6.45) is 0. The molecule has 0 atom stereocenters. The molecule has 1 heterocycles. The summed E-state index contributed by atoms with van der Waals surface area (Å²) in [5, 5.41) is 17.9. The zero-order valence-electron chi connectivity index (χ0n) is 15.2. The van der Waals surface area contributed by atoms with Gasteiger partial charge in [0, 0.05) is 35.3 Å². The number of hydrogen-bond acceptors (Lipinski definition) is 6. The quantitative estimate of drug-likeness (QED) is 0.500. The van der Waals surface area contributed by atoms with E-state index in [4.69, 9.17) is 33.3 Å². The second-order valence-electron chi connectivity index (χ2n) is 5.62. The highest BCUT2D eigenvalue weighted by atomic mass is 35.5. The minimum absolute atomic E-state index is 0.347. The molecule has 2 aromatic carbocycles. The maximum absolute atomic E-state index is 5.73. The molecular formula is C19H18ClN5O2S. The Kier molecular flexibility index (Phi) is 6.46. The van der Waals surface area contributed by atoms with Crippen LogP contribution in [-0.4, -0.2) is 29.5 Å². The molecule has 0 radical (unpaired) electrons. The molecule has 0 aliphatic carbocycles. The molecule has 0 saturated heterocycles. The smallest absolute Gasteiger partial charge is 0.175 e. The van der Waals surface area contributed by atoms with Crippen molar-refractivity contribution in [3.05, 3.63) is 59.8 Å². The SMILES string of the molecule is COc1cc(NC(=S)Nc2ccc(Nc3ccc(Cl)nn3)cc2)cc(OC)c1. The lowest BCUT2D eigenvalue weighted by molar-refractivity contribution is 0.395. The first kappa shape index (κ1) is 19.7. The van der Waals surface area contributed by atoms with Crippen molar-refractivity contribution in [3.63, 3.8) is 0 Å². The highest BCUT2D eigenvalue weighted by Crippen LogP contribution is 2.26. The van der Waals surface area contributed by atoms with Crippen LogP contribution in [0.3, 0.4) is 0 Å². The predicted octanol–water partition coefficient (Wildman–Crippen LogP) is 4.70. The van der Waals surface area contributed by atoms with E-state index in [-0.39, 0.29) is 0 Å². The second-order valence-corrected chi connectivity index (χ2v) is 6.42. The number of nitrogens with zero attached hydrogens (tertiary/aromatic N) is 2. The van der Waals surface area contributed by atoms with Crippen LogP contribution in [0.15, 0.2) is 54.6 Å². The fourth-order valence-electron chi connectivity index (χ4n) is 2.34. The molecule has 0 spiro atoms. The van der Waals surface area contributed by atoms with Gasteiger partial charge in [0.2, 0.25) is 0 Å². The average Bonchev–Trinajstić information content (AvgIpc) is 2.70. The predicted molar refractivity (Wildman–Crippen MR) is 116 cm³/mol. The second kappa shape index (κ2) is 9.20. The van der Waals surface area contributed by atoms with E-state index in [1.54, 1.807) is 32.4 Å². The fourth-order valence-corrected chi connectivity index (χ4v) is 2.68. The molecule has 28 heavy (non-hydrogen) atoms. The molecular weight excluding hydrogens is 398 g/mol. The monoisotopic (exact) mass is 415 g/mol. The van der Waals surface area contributed by atoms with Crippen molar-refractivity contribution in [2.45, 2.75) is 0 Å². The molecule has 0 bridgehead atoms. The number of thiocarbonyl (C=S) groups is 1. The largest absolute Gasteiger partial charge is 0.497 e. The van der Waals surface area contributed by atoms with Gasteiger partial charge in [0.05, 0.1) is 14.2 Å². The van der Waals surface area contributed by atoms with Crippen LogP contribution < -0.4 is 25.4 Å². The summed E-state index contributed by atoms with van der Waals surface area (Å²) in [6.45, 7) is 0. The van der Waals surface area contributed by atoms with Crippen molar-refractivity contribution >= 4 is 51.8 Å². The lowest BCUT2D eigenvalue weighted by Gasteiger charge is -2.13. The van der Waals surface area contributed by atoms with Gasteiger partial charge in [-0.1, -0.05) is 11.6 Å². The summed E-state index contributed by atoms with van der Waals surface area (Å²) >= 11 is 11.1. The zero-order valence-corrected chi connectivity index (χ0v) is 16.8. The first-order valence-corrected chi connectivity index (χ1v) is 9.02. The van der Waals surface area contributed by atoms with Gasteiger partial charge >= 0.3 is 0 Å². The molecule has 0 aliphatic heterocycles. The van der Waals surface area contributed by atoms with E-state index in [2.05, 4.69) is 26.1 Å². The lowest BCUT2D eigenvalue weighted by Crippen LogP contribution is -2.19.